The van der Waals surface area contributed by atoms with Crippen molar-refractivity contribution in [3.63, 3.8) is 0 Å². The Labute approximate surface area is 169 Å². The molecule has 0 radical (unpaired) electrons. The second kappa shape index (κ2) is 8.26. The largest absolute Gasteiger partial charge is 0.506 e. The van der Waals surface area contributed by atoms with Gasteiger partial charge >= 0.3 is 6.18 Å². The molecule has 7 nitrogen and oxygen atoms in total. The number of anilines is 1. The summed E-state index contributed by atoms with van der Waals surface area (Å²) in [6, 6.07) is 7.42. The van der Waals surface area contributed by atoms with E-state index in [1.807, 2.05) is 0 Å². The second-order valence-corrected chi connectivity index (χ2v) is 6.49. The first-order valence-corrected chi connectivity index (χ1v) is 8.38. The van der Waals surface area contributed by atoms with Crippen molar-refractivity contribution < 1.29 is 28.0 Å². The lowest BCUT2D eigenvalue weighted by atomic mass is 10.1. The van der Waals surface area contributed by atoms with Crippen LogP contribution in [-0.4, -0.2) is 15.9 Å². The third kappa shape index (κ3) is 4.97. The van der Waals surface area contributed by atoms with Gasteiger partial charge in [0.25, 0.3) is 11.6 Å². The number of amides is 1. The van der Waals surface area contributed by atoms with Gasteiger partial charge in [0, 0.05) is 23.4 Å². The molecule has 144 valence electrons. The summed E-state index contributed by atoms with van der Waals surface area (Å²) in [5.74, 6) is -1.42. The number of alkyl halides is 3. The maximum absolute atomic E-state index is 12.7. The summed E-state index contributed by atoms with van der Waals surface area (Å²) >= 11 is 1.64. The molecule has 0 aliphatic heterocycles. The molecule has 2 N–H and O–H groups in total. The lowest BCUT2D eigenvalue weighted by Crippen LogP contribution is -2.14. The molecule has 0 aliphatic rings. The first-order valence-electron chi connectivity index (χ1n) is 7.30. The number of carbonyl (C=O) groups is 1. The summed E-state index contributed by atoms with van der Waals surface area (Å²) in [4.78, 5) is 22.4. The van der Waals surface area contributed by atoms with E-state index in [2.05, 4.69) is 5.32 Å². The van der Waals surface area contributed by atoms with Crippen LogP contribution in [0.1, 0.15) is 11.1 Å². The fourth-order valence-electron chi connectivity index (χ4n) is 2.10. The third-order valence-electron chi connectivity index (χ3n) is 3.40. The standard InChI is InChI=1S/C17H9F3IN3O4/c18-17(19,20)11-2-1-3-12(6-11)23-16(26)10(8-22)4-9-5-13(24(27)28)7-14(21)15(9)25/h1-7,25H,(H,23,26)/b10-4-. The number of nitro benzene ring substituents is 1. The van der Waals surface area contributed by atoms with E-state index in [1.165, 1.54) is 6.07 Å². The fraction of sp³-hybridized carbons (Fsp3) is 0.0588. The van der Waals surface area contributed by atoms with Crippen molar-refractivity contribution in [3.05, 3.63) is 66.8 Å². The number of nitrogens with zero attached hydrogens (tertiary/aromatic N) is 2. The number of hydrogen-bond acceptors (Lipinski definition) is 5. The van der Waals surface area contributed by atoms with E-state index in [0.29, 0.717) is 6.07 Å². The summed E-state index contributed by atoms with van der Waals surface area (Å²) in [7, 11) is 0. The molecule has 0 atom stereocenters. The Bertz CT molecular complexity index is 1030. The molecule has 0 unspecified atom stereocenters. The molecule has 0 heterocycles. The van der Waals surface area contributed by atoms with Crippen LogP contribution in [0.25, 0.3) is 6.08 Å². The van der Waals surface area contributed by atoms with Gasteiger partial charge in [-0.25, -0.2) is 0 Å². The van der Waals surface area contributed by atoms with Gasteiger partial charge in [-0.1, -0.05) is 6.07 Å². The molecule has 0 fully saturated rings. The number of rotatable bonds is 4. The van der Waals surface area contributed by atoms with Gasteiger partial charge < -0.3 is 10.4 Å². The highest BCUT2D eigenvalue weighted by atomic mass is 127. The average molecular weight is 503 g/mol. The number of halogens is 4. The number of aromatic hydroxyl groups is 1. The molecule has 0 aliphatic carbocycles. The molecule has 0 bridgehead atoms. The lowest BCUT2D eigenvalue weighted by Gasteiger charge is -2.09. The van der Waals surface area contributed by atoms with Crippen LogP contribution in [0.5, 0.6) is 5.75 Å². The number of nitriles is 1. The van der Waals surface area contributed by atoms with Gasteiger partial charge in [-0.3, -0.25) is 14.9 Å². The van der Waals surface area contributed by atoms with Gasteiger partial charge in [-0.15, -0.1) is 0 Å². The molecule has 2 aromatic carbocycles. The van der Waals surface area contributed by atoms with Gasteiger partial charge in [0.05, 0.1) is 14.1 Å². The van der Waals surface area contributed by atoms with Crippen molar-refractivity contribution in [3.8, 4) is 11.8 Å². The van der Waals surface area contributed by atoms with E-state index in [0.717, 1.165) is 30.3 Å². The number of hydrogen-bond donors (Lipinski definition) is 2. The molecule has 0 saturated heterocycles. The summed E-state index contributed by atoms with van der Waals surface area (Å²) in [6.07, 6.45) is -3.70. The summed E-state index contributed by atoms with van der Waals surface area (Å²) in [5, 5.41) is 32.3. The molecular formula is C17H9F3IN3O4. The predicted molar refractivity (Wildman–Crippen MR) is 101 cm³/mol. The minimum absolute atomic E-state index is 0.119. The Hall–Kier alpha value is -3.14. The normalized spacial score (nSPS) is 11.6. The highest BCUT2D eigenvalue weighted by Gasteiger charge is 2.30. The third-order valence-corrected chi connectivity index (χ3v) is 4.22. The van der Waals surface area contributed by atoms with Gasteiger partial charge in [0.1, 0.15) is 17.4 Å². The quantitative estimate of drug-likeness (QED) is 0.210. The number of nitrogens with one attached hydrogen (secondary N) is 1. The van der Waals surface area contributed by atoms with Crippen LogP contribution >= 0.6 is 22.6 Å². The highest BCUT2D eigenvalue weighted by Crippen LogP contribution is 2.32. The molecule has 2 aromatic rings. The predicted octanol–water partition coefficient (Wildman–Crippen LogP) is 4.47. The van der Waals surface area contributed by atoms with E-state index in [9.17, 15) is 38.4 Å². The SMILES string of the molecule is N#C/C(=C/c1cc([N+](=O)[O-])cc(I)c1O)C(=O)Nc1cccc(C(F)(F)F)c1. The number of nitro groups is 1. The van der Waals surface area contributed by atoms with E-state index in [1.54, 1.807) is 28.7 Å². The molecule has 1 amide bonds. The number of benzene rings is 2. The zero-order valence-corrected chi connectivity index (χ0v) is 15.8. The van der Waals surface area contributed by atoms with Crippen LogP contribution in [0.2, 0.25) is 0 Å². The zero-order valence-electron chi connectivity index (χ0n) is 13.6. The second-order valence-electron chi connectivity index (χ2n) is 5.33. The molecular weight excluding hydrogens is 494 g/mol. The Morgan fingerprint density at radius 1 is 1.32 bits per heavy atom. The van der Waals surface area contributed by atoms with Crippen LogP contribution in [0.4, 0.5) is 24.5 Å². The zero-order chi connectivity index (χ0) is 21.1. The topological polar surface area (TPSA) is 116 Å². The lowest BCUT2D eigenvalue weighted by molar-refractivity contribution is -0.385. The van der Waals surface area contributed by atoms with Crippen molar-refractivity contribution in [1.82, 2.24) is 0 Å². The molecule has 0 saturated carbocycles. The van der Waals surface area contributed by atoms with Crippen LogP contribution in [0.15, 0.2) is 42.0 Å². The fourth-order valence-corrected chi connectivity index (χ4v) is 2.73. The van der Waals surface area contributed by atoms with Crippen molar-refractivity contribution >= 4 is 45.9 Å². The molecule has 0 spiro atoms. The maximum Gasteiger partial charge on any atom is 0.416 e. The molecule has 28 heavy (non-hydrogen) atoms. The Balaban J connectivity index is 2.37. The highest BCUT2D eigenvalue weighted by molar-refractivity contribution is 14.1. The van der Waals surface area contributed by atoms with Crippen molar-refractivity contribution in [1.29, 1.82) is 5.26 Å². The summed E-state index contributed by atoms with van der Waals surface area (Å²) in [6.45, 7) is 0. The van der Waals surface area contributed by atoms with Gasteiger partial charge in [0.15, 0.2) is 0 Å². The van der Waals surface area contributed by atoms with Gasteiger partial charge in [-0.2, -0.15) is 18.4 Å². The van der Waals surface area contributed by atoms with E-state index in [4.69, 9.17) is 0 Å². The number of non-ortho nitro benzene ring substituents is 1. The van der Waals surface area contributed by atoms with E-state index >= 15 is 0 Å². The minimum atomic E-state index is -4.61. The van der Waals surface area contributed by atoms with Gasteiger partial charge in [-0.05, 0) is 46.9 Å². The summed E-state index contributed by atoms with van der Waals surface area (Å²) < 4.78 is 38.3. The van der Waals surface area contributed by atoms with Crippen LogP contribution in [0, 0.1) is 25.0 Å². The molecule has 0 aromatic heterocycles. The Morgan fingerprint density at radius 3 is 2.57 bits per heavy atom. The van der Waals surface area contributed by atoms with Crippen LogP contribution in [-0.2, 0) is 11.0 Å². The van der Waals surface area contributed by atoms with E-state index in [-0.39, 0.29) is 26.3 Å². The number of phenolic OH excluding ortho intramolecular Hbond substituents is 1. The first kappa shape index (κ1) is 21.2. The first-order chi connectivity index (χ1) is 13.0. The van der Waals surface area contributed by atoms with Gasteiger partial charge in [0.2, 0.25) is 0 Å². The molecule has 2 rings (SSSR count). The number of carbonyl (C=O) groups excluding carboxylic acids is 1. The summed E-state index contributed by atoms with van der Waals surface area (Å²) in [5.41, 5.74) is -2.28. The Morgan fingerprint density at radius 2 is 2.00 bits per heavy atom. The smallest absolute Gasteiger partial charge is 0.416 e. The monoisotopic (exact) mass is 503 g/mol. The molecule has 11 heteroatoms. The van der Waals surface area contributed by atoms with Crippen LogP contribution < -0.4 is 5.32 Å². The van der Waals surface area contributed by atoms with Crippen molar-refractivity contribution in [2.24, 2.45) is 0 Å². The maximum atomic E-state index is 12.7. The number of phenols is 1. The Kier molecular flexibility index (Phi) is 6.24. The van der Waals surface area contributed by atoms with Crippen molar-refractivity contribution in [2.75, 3.05) is 5.32 Å². The van der Waals surface area contributed by atoms with Crippen molar-refractivity contribution in [2.45, 2.75) is 6.18 Å². The van der Waals surface area contributed by atoms with Crippen LogP contribution in [0.3, 0.4) is 0 Å². The van der Waals surface area contributed by atoms with E-state index < -0.39 is 28.1 Å². The minimum Gasteiger partial charge on any atom is -0.506 e. The average Bonchev–Trinajstić information content (AvgIpc) is 2.62.